The van der Waals surface area contributed by atoms with E-state index in [9.17, 15) is 9.18 Å². The summed E-state index contributed by atoms with van der Waals surface area (Å²) in [5, 5.41) is 0. The lowest BCUT2D eigenvalue weighted by atomic mass is 10.0. The molecule has 0 aromatic heterocycles. The maximum Gasteiger partial charge on any atom is 0.363 e. The molecule has 0 fully saturated rings. The van der Waals surface area contributed by atoms with Crippen molar-refractivity contribution in [3.8, 4) is 22.6 Å². The summed E-state index contributed by atoms with van der Waals surface area (Å²) in [4.78, 5) is 16.9. The number of hydrogen-bond donors (Lipinski definition) is 0. The fourth-order valence-corrected chi connectivity index (χ4v) is 3.76. The van der Waals surface area contributed by atoms with Gasteiger partial charge in [-0.2, -0.15) is 0 Å². The van der Waals surface area contributed by atoms with Crippen molar-refractivity contribution in [1.29, 1.82) is 0 Å². The van der Waals surface area contributed by atoms with E-state index in [2.05, 4.69) is 4.99 Å². The van der Waals surface area contributed by atoms with Gasteiger partial charge in [0.2, 0.25) is 5.90 Å². The molecule has 1 heterocycles. The monoisotopic (exact) mass is 479 g/mol. The van der Waals surface area contributed by atoms with E-state index in [0.29, 0.717) is 22.6 Å². The lowest BCUT2D eigenvalue weighted by Crippen LogP contribution is -2.05. The van der Waals surface area contributed by atoms with Gasteiger partial charge in [0.1, 0.15) is 12.4 Å². The second-order valence-electron chi connectivity index (χ2n) is 8.10. The molecule has 0 N–H and O–H groups in total. The van der Waals surface area contributed by atoms with Gasteiger partial charge in [0.15, 0.2) is 17.2 Å². The average Bonchev–Trinajstić information content (AvgIpc) is 3.29. The largest absolute Gasteiger partial charge is 0.493 e. The molecule has 1 aliphatic rings. The van der Waals surface area contributed by atoms with Gasteiger partial charge in [-0.05, 0) is 64.7 Å². The minimum Gasteiger partial charge on any atom is -0.493 e. The number of cyclic esters (lactones) is 1. The second-order valence-corrected chi connectivity index (χ2v) is 8.10. The Morgan fingerprint density at radius 3 is 2.25 bits per heavy atom. The van der Waals surface area contributed by atoms with Crippen molar-refractivity contribution >= 4 is 17.9 Å². The van der Waals surface area contributed by atoms with Gasteiger partial charge in [-0.3, -0.25) is 0 Å². The summed E-state index contributed by atoms with van der Waals surface area (Å²) in [5.74, 6) is 0.471. The van der Waals surface area contributed by atoms with Gasteiger partial charge in [0.05, 0.1) is 7.11 Å². The molecule has 4 aromatic carbocycles. The van der Waals surface area contributed by atoms with E-state index in [0.717, 1.165) is 16.7 Å². The van der Waals surface area contributed by atoms with E-state index in [1.54, 1.807) is 36.4 Å². The summed E-state index contributed by atoms with van der Waals surface area (Å²) in [6, 6.07) is 29.1. The smallest absolute Gasteiger partial charge is 0.363 e. The normalized spacial score (nSPS) is 13.9. The van der Waals surface area contributed by atoms with Crippen LogP contribution >= 0.6 is 0 Å². The number of carbonyl (C=O) groups is 1. The van der Waals surface area contributed by atoms with E-state index < -0.39 is 5.97 Å². The first kappa shape index (κ1) is 23.1. The molecule has 0 bridgehead atoms. The standard InChI is InChI=1S/C30H22FNO4/c1-34-28-18-21(9-16-27(28)35-19-20-7-14-25(31)15-8-20)17-26-30(33)36-29(32-26)24-12-10-23(11-13-24)22-5-3-2-4-6-22/h2-18H,19H2,1H3/b26-17-. The molecule has 5 nitrogen and oxygen atoms in total. The number of nitrogens with zero attached hydrogens (tertiary/aromatic N) is 1. The first-order valence-corrected chi connectivity index (χ1v) is 11.3. The third-order valence-corrected chi connectivity index (χ3v) is 5.66. The van der Waals surface area contributed by atoms with Gasteiger partial charge >= 0.3 is 5.97 Å². The van der Waals surface area contributed by atoms with Crippen LogP contribution < -0.4 is 9.47 Å². The molecule has 0 atom stereocenters. The maximum atomic E-state index is 13.1. The molecule has 0 unspecified atom stereocenters. The van der Waals surface area contributed by atoms with Gasteiger partial charge in [-0.1, -0.05) is 60.7 Å². The minimum absolute atomic E-state index is 0.194. The number of esters is 1. The fraction of sp³-hybridized carbons (Fsp3) is 0.0667. The highest BCUT2D eigenvalue weighted by Gasteiger charge is 2.24. The molecule has 4 aromatic rings. The summed E-state index contributed by atoms with van der Waals surface area (Å²) in [7, 11) is 1.54. The van der Waals surface area contributed by atoms with Crippen LogP contribution in [0.3, 0.4) is 0 Å². The van der Waals surface area contributed by atoms with Crippen LogP contribution in [0.1, 0.15) is 16.7 Å². The molecule has 178 valence electrons. The van der Waals surface area contributed by atoms with Crippen LogP contribution in [0.25, 0.3) is 17.2 Å². The van der Waals surface area contributed by atoms with Crippen molar-refractivity contribution in [3.63, 3.8) is 0 Å². The van der Waals surface area contributed by atoms with E-state index in [-0.39, 0.29) is 24.0 Å². The highest BCUT2D eigenvalue weighted by Crippen LogP contribution is 2.30. The first-order valence-electron chi connectivity index (χ1n) is 11.3. The molecule has 1 aliphatic heterocycles. The van der Waals surface area contributed by atoms with Crippen LogP contribution in [-0.4, -0.2) is 19.0 Å². The highest BCUT2D eigenvalue weighted by molar-refractivity contribution is 6.13. The van der Waals surface area contributed by atoms with Crippen LogP contribution in [0.5, 0.6) is 11.5 Å². The van der Waals surface area contributed by atoms with E-state index >= 15 is 0 Å². The molecular weight excluding hydrogens is 457 g/mol. The average molecular weight is 480 g/mol. The number of aliphatic imine (C=N–C) groups is 1. The van der Waals surface area contributed by atoms with Gasteiger partial charge in [0, 0.05) is 5.56 Å². The lowest BCUT2D eigenvalue weighted by molar-refractivity contribution is -0.129. The molecule has 0 aliphatic carbocycles. The van der Waals surface area contributed by atoms with Gasteiger partial charge in [-0.15, -0.1) is 0 Å². The Balaban J connectivity index is 1.32. The first-order chi connectivity index (χ1) is 17.6. The van der Waals surface area contributed by atoms with Crippen LogP contribution in [0.15, 0.2) is 108 Å². The zero-order valence-electron chi connectivity index (χ0n) is 19.5. The van der Waals surface area contributed by atoms with Crippen molar-refractivity contribution in [3.05, 3.63) is 125 Å². The molecule has 5 rings (SSSR count). The Kier molecular flexibility index (Phi) is 6.58. The number of hydrogen-bond acceptors (Lipinski definition) is 5. The Bertz CT molecular complexity index is 1440. The molecule has 36 heavy (non-hydrogen) atoms. The molecule has 0 saturated heterocycles. The van der Waals surface area contributed by atoms with Crippen molar-refractivity contribution in [2.45, 2.75) is 6.61 Å². The molecule has 0 radical (unpaired) electrons. The van der Waals surface area contributed by atoms with Crippen molar-refractivity contribution in [2.75, 3.05) is 7.11 Å². The van der Waals surface area contributed by atoms with E-state index in [4.69, 9.17) is 14.2 Å². The predicted octanol–water partition coefficient (Wildman–Crippen LogP) is 6.42. The topological polar surface area (TPSA) is 57.1 Å². The van der Waals surface area contributed by atoms with Crippen LogP contribution in [0.2, 0.25) is 0 Å². The predicted molar refractivity (Wildman–Crippen MR) is 136 cm³/mol. The number of halogens is 1. The number of methoxy groups -OCH3 is 1. The van der Waals surface area contributed by atoms with Crippen LogP contribution in [0.4, 0.5) is 4.39 Å². The number of benzene rings is 4. The third kappa shape index (κ3) is 5.18. The maximum absolute atomic E-state index is 13.1. The zero-order valence-corrected chi connectivity index (χ0v) is 19.5. The van der Waals surface area contributed by atoms with Gasteiger partial charge in [0.25, 0.3) is 0 Å². The molecule has 6 heteroatoms. The molecule has 0 amide bonds. The quantitative estimate of drug-likeness (QED) is 0.227. The van der Waals surface area contributed by atoms with Crippen LogP contribution in [0, 0.1) is 5.82 Å². The van der Waals surface area contributed by atoms with Crippen LogP contribution in [-0.2, 0) is 16.1 Å². The summed E-state index contributed by atoms with van der Waals surface area (Å²) in [6.07, 6.45) is 1.64. The second kappa shape index (κ2) is 10.3. The fourth-order valence-electron chi connectivity index (χ4n) is 3.76. The zero-order chi connectivity index (χ0) is 24.9. The number of rotatable bonds is 7. The summed E-state index contributed by atoms with van der Waals surface area (Å²) in [6.45, 7) is 0.264. The van der Waals surface area contributed by atoms with Gasteiger partial charge in [-0.25, -0.2) is 14.2 Å². The van der Waals surface area contributed by atoms with Crippen molar-refractivity contribution in [1.82, 2.24) is 0 Å². The Labute approximate surface area is 208 Å². The van der Waals surface area contributed by atoms with E-state index in [1.807, 2.05) is 54.6 Å². The number of carbonyl (C=O) groups excluding carboxylic acids is 1. The summed E-state index contributed by atoms with van der Waals surface area (Å²) >= 11 is 0. The SMILES string of the molecule is COc1cc(/C=C2\N=C(c3ccc(-c4ccccc4)cc3)OC2=O)ccc1OCc1ccc(F)cc1. The molecular formula is C30H22FNO4. The third-order valence-electron chi connectivity index (χ3n) is 5.66. The van der Waals surface area contributed by atoms with E-state index in [1.165, 1.54) is 19.2 Å². The van der Waals surface area contributed by atoms with Crippen molar-refractivity contribution in [2.24, 2.45) is 4.99 Å². The molecule has 0 spiro atoms. The Morgan fingerprint density at radius 2 is 1.53 bits per heavy atom. The lowest BCUT2D eigenvalue weighted by Gasteiger charge is -2.11. The van der Waals surface area contributed by atoms with Crippen molar-refractivity contribution < 1.29 is 23.4 Å². The Morgan fingerprint density at radius 1 is 0.833 bits per heavy atom. The highest BCUT2D eigenvalue weighted by atomic mass is 19.1. The minimum atomic E-state index is -0.521. The number of ether oxygens (including phenoxy) is 3. The molecule has 0 saturated carbocycles. The summed E-state index contributed by atoms with van der Waals surface area (Å²) < 4.78 is 29.8. The Hall–Kier alpha value is -4.71. The summed E-state index contributed by atoms with van der Waals surface area (Å²) in [5.41, 5.74) is 4.62. The van der Waals surface area contributed by atoms with Gasteiger partial charge < -0.3 is 14.2 Å².